The highest BCUT2D eigenvalue weighted by Gasteiger charge is 2.35. The lowest BCUT2D eigenvalue weighted by atomic mass is 10.1. The number of aliphatic carboxylic acids is 1. The lowest BCUT2D eigenvalue weighted by Gasteiger charge is -2.30. The minimum absolute atomic E-state index is 0.509. The summed E-state index contributed by atoms with van der Waals surface area (Å²) in [4.78, 5) is 22.6. The summed E-state index contributed by atoms with van der Waals surface area (Å²) in [6, 6.07) is 13.1. The van der Waals surface area contributed by atoms with E-state index in [2.05, 4.69) is 26.0 Å². The van der Waals surface area contributed by atoms with Crippen LogP contribution >= 0.6 is 0 Å². The molecule has 0 unspecified atom stereocenters. The van der Waals surface area contributed by atoms with E-state index in [1.54, 1.807) is 0 Å². The summed E-state index contributed by atoms with van der Waals surface area (Å²) in [5, 5.41) is 8.65. The van der Waals surface area contributed by atoms with Gasteiger partial charge in [0.15, 0.2) is 0 Å². The van der Waals surface area contributed by atoms with Gasteiger partial charge < -0.3 is 9.53 Å². The van der Waals surface area contributed by atoms with Crippen LogP contribution in [0.25, 0.3) is 0 Å². The number of hydrogen-bond donors (Lipinski definition) is 1. The maximum absolute atomic E-state index is 12.0. The molecule has 1 rings (SSSR count). The van der Waals surface area contributed by atoms with E-state index in [9.17, 15) is 9.59 Å². The molecule has 4 nitrogen and oxygen atoms in total. The third-order valence-electron chi connectivity index (χ3n) is 4.03. The maximum Gasteiger partial charge on any atom is 0.328 e. The molecule has 132 valence electrons. The topological polar surface area (TPSA) is 63.6 Å². The Balaban J connectivity index is 2.72. The standard InChI is InChI=1S/C19H28O4Si/c1-3-14-24(15-4-2,23-19(22)13-12-18(20)21)16-8-11-17-9-6-5-7-10-17/h5-7,9-10,12-13H,3-4,8,11,14-16H2,1-2H3,(H,20,21)/b13-12-. The first kappa shape index (κ1) is 20.2. The Morgan fingerprint density at radius 3 is 2.21 bits per heavy atom. The van der Waals surface area contributed by atoms with E-state index in [4.69, 9.17) is 9.53 Å². The average Bonchev–Trinajstić information content (AvgIpc) is 2.54. The zero-order valence-corrected chi connectivity index (χ0v) is 15.7. The Labute approximate surface area is 145 Å². The van der Waals surface area contributed by atoms with Gasteiger partial charge in [-0.25, -0.2) is 9.59 Å². The largest absolute Gasteiger partial charge is 0.516 e. The fourth-order valence-electron chi connectivity index (χ4n) is 3.09. The van der Waals surface area contributed by atoms with E-state index in [0.29, 0.717) is 0 Å². The van der Waals surface area contributed by atoms with Crippen molar-refractivity contribution >= 4 is 20.3 Å². The van der Waals surface area contributed by atoms with Crippen LogP contribution < -0.4 is 0 Å². The molecule has 0 aliphatic rings. The van der Waals surface area contributed by atoms with Gasteiger partial charge in [-0.3, -0.25) is 0 Å². The molecule has 0 fully saturated rings. The summed E-state index contributed by atoms with van der Waals surface area (Å²) in [7, 11) is -2.18. The number of carbonyl (C=O) groups is 2. The molecule has 0 aliphatic carbocycles. The molecule has 0 spiro atoms. The van der Waals surface area contributed by atoms with Crippen LogP contribution in [0.2, 0.25) is 18.1 Å². The molecule has 0 heterocycles. The predicted molar refractivity (Wildman–Crippen MR) is 98.4 cm³/mol. The highest BCUT2D eigenvalue weighted by molar-refractivity contribution is 6.75. The monoisotopic (exact) mass is 348 g/mol. The summed E-state index contributed by atoms with van der Waals surface area (Å²) >= 11 is 0. The smallest absolute Gasteiger partial charge is 0.328 e. The van der Waals surface area contributed by atoms with Crippen LogP contribution in [0.1, 0.15) is 38.7 Å². The van der Waals surface area contributed by atoms with Gasteiger partial charge in [-0.1, -0.05) is 57.0 Å². The molecular weight excluding hydrogens is 320 g/mol. The third kappa shape index (κ3) is 7.59. The number of rotatable bonds is 11. The van der Waals surface area contributed by atoms with E-state index < -0.39 is 20.3 Å². The van der Waals surface area contributed by atoms with Crippen molar-refractivity contribution in [2.24, 2.45) is 0 Å². The van der Waals surface area contributed by atoms with Gasteiger partial charge in [0.25, 0.3) is 8.32 Å². The highest BCUT2D eigenvalue weighted by Crippen LogP contribution is 2.28. The Hall–Kier alpha value is -1.88. The number of carboxylic acids is 1. The lowest BCUT2D eigenvalue weighted by molar-refractivity contribution is -0.133. The van der Waals surface area contributed by atoms with Gasteiger partial charge >= 0.3 is 11.9 Å². The minimum atomic E-state index is -2.18. The molecule has 5 heteroatoms. The summed E-state index contributed by atoms with van der Waals surface area (Å²) < 4.78 is 5.86. The van der Waals surface area contributed by atoms with Crippen LogP contribution in [-0.4, -0.2) is 25.4 Å². The van der Waals surface area contributed by atoms with Crippen LogP contribution in [0.3, 0.4) is 0 Å². The van der Waals surface area contributed by atoms with Gasteiger partial charge in [-0.15, -0.1) is 0 Å². The van der Waals surface area contributed by atoms with E-state index in [0.717, 1.165) is 56.0 Å². The van der Waals surface area contributed by atoms with Crippen LogP contribution in [0.15, 0.2) is 42.5 Å². The van der Waals surface area contributed by atoms with Crippen molar-refractivity contribution in [3.05, 3.63) is 48.0 Å². The van der Waals surface area contributed by atoms with Gasteiger partial charge in [-0.05, 0) is 36.5 Å². The van der Waals surface area contributed by atoms with Crippen molar-refractivity contribution in [3.8, 4) is 0 Å². The second-order valence-electron chi connectivity index (χ2n) is 6.11. The molecule has 0 bridgehead atoms. The van der Waals surface area contributed by atoms with Crippen LogP contribution in [0.5, 0.6) is 0 Å². The fourth-order valence-corrected chi connectivity index (χ4v) is 7.28. The SMILES string of the molecule is CCC[Si](CCC)(CCCc1ccccc1)OC(=O)/C=C\C(=O)O. The Morgan fingerprint density at radius 1 is 1.04 bits per heavy atom. The normalized spacial score (nSPS) is 11.6. The number of aryl methyl sites for hydroxylation is 1. The number of hydrogen-bond acceptors (Lipinski definition) is 3. The van der Waals surface area contributed by atoms with Crippen molar-refractivity contribution in [2.45, 2.75) is 57.7 Å². The summed E-state index contributed by atoms with van der Waals surface area (Å²) in [5.74, 6) is -1.64. The predicted octanol–water partition coefficient (Wildman–Crippen LogP) is 4.57. The first-order valence-corrected chi connectivity index (χ1v) is 11.2. The van der Waals surface area contributed by atoms with Crippen LogP contribution in [0, 0.1) is 0 Å². The molecule has 1 N–H and O–H groups in total. The second-order valence-corrected chi connectivity index (χ2v) is 10.2. The summed E-state index contributed by atoms with van der Waals surface area (Å²) in [5.41, 5.74) is 1.30. The molecule has 0 amide bonds. The van der Waals surface area contributed by atoms with E-state index >= 15 is 0 Å². The molecule has 0 saturated heterocycles. The van der Waals surface area contributed by atoms with Gasteiger partial charge in [0.2, 0.25) is 0 Å². The van der Waals surface area contributed by atoms with E-state index in [1.807, 2.05) is 18.2 Å². The summed E-state index contributed by atoms with van der Waals surface area (Å²) in [6.45, 7) is 4.21. The van der Waals surface area contributed by atoms with Gasteiger partial charge in [-0.2, -0.15) is 0 Å². The van der Waals surface area contributed by atoms with Gasteiger partial charge in [0.1, 0.15) is 0 Å². The first-order valence-electron chi connectivity index (χ1n) is 8.69. The number of benzene rings is 1. The van der Waals surface area contributed by atoms with Crippen molar-refractivity contribution in [1.82, 2.24) is 0 Å². The number of carboxylic acid groups (broad SMARTS) is 1. The van der Waals surface area contributed by atoms with Crippen molar-refractivity contribution in [2.75, 3.05) is 0 Å². The molecule has 1 aromatic carbocycles. The third-order valence-corrected chi connectivity index (χ3v) is 8.75. The van der Waals surface area contributed by atoms with E-state index in [-0.39, 0.29) is 0 Å². The Morgan fingerprint density at radius 2 is 1.67 bits per heavy atom. The molecule has 0 atom stereocenters. The molecule has 1 aromatic rings. The lowest BCUT2D eigenvalue weighted by Crippen LogP contribution is -2.39. The average molecular weight is 349 g/mol. The minimum Gasteiger partial charge on any atom is -0.516 e. The Bertz CT molecular complexity index is 534. The maximum atomic E-state index is 12.0. The first-order chi connectivity index (χ1) is 11.5. The second kappa shape index (κ2) is 10.8. The molecule has 24 heavy (non-hydrogen) atoms. The van der Waals surface area contributed by atoms with Crippen molar-refractivity contribution in [1.29, 1.82) is 0 Å². The highest BCUT2D eigenvalue weighted by atomic mass is 28.4. The van der Waals surface area contributed by atoms with Crippen molar-refractivity contribution < 1.29 is 19.1 Å². The van der Waals surface area contributed by atoms with Gasteiger partial charge in [0, 0.05) is 12.2 Å². The quantitative estimate of drug-likeness (QED) is 0.470. The molecular formula is C19H28O4Si. The molecule has 0 aromatic heterocycles. The van der Waals surface area contributed by atoms with Crippen LogP contribution in [-0.2, 0) is 20.4 Å². The molecule has 0 radical (unpaired) electrons. The van der Waals surface area contributed by atoms with E-state index in [1.165, 1.54) is 5.56 Å². The fraction of sp³-hybridized carbons (Fsp3) is 0.474. The molecule has 0 aliphatic heterocycles. The Kier molecular flexibility index (Phi) is 9.08. The summed E-state index contributed by atoms with van der Waals surface area (Å²) in [6.07, 6.45) is 5.81. The molecule has 0 saturated carbocycles. The van der Waals surface area contributed by atoms with Gasteiger partial charge in [0.05, 0.1) is 0 Å². The number of carbonyl (C=O) groups excluding carboxylic acids is 1. The zero-order valence-electron chi connectivity index (χ0n) is 14.7. The van der Waals surface area contributed by atoms with Crippen LogP contribution in [0.4, 0.5) is 0 Å². The van der Waals surface area contributed by atoms with Crippen molar-refractivity contribution in [3.63, 3.8) is 0 Å². The zero-order chi connectivity index (χ0) is 17.8.